The van der Waals surface area contributed by atoms with Gasteiger partial charge >= 0.3 is 12.0 Å². The molecule has 1 fully saturated rings. The lowest BCUT2D eigenvalue weighted by Gasteiger charge is -2.24. The van der Waals surface area contributed by atoms with Crippen molar-refractivity contribution in [3.05, 3.63) is 29.3 Å². The molecule has 0 bridgehead atoms. The first-order valence-corrected chi connectivity index (χ1v) is 6.40. The molecule has 0 aliphatic carbocycles. The molecule has 6 heteroatoms. The number of aliphatic carboxylic acids is 1. The number of carbonyl (C=O) groups is 2. The summed E-state index contributed by atoms with van der Waals surface area (Å²) in [6.07, 6.45) is 0.266. The number of aryl methyl sites for hydroxylation is 2. The molecular weight excluding hydrogens is 260 g/mol. The summed E-state index contributed by atoms with van der Waals surface area (Å²) >= 11 is 0. The Morgan fingerprint density at radius 2 is 2.10 bits per heavy atom. The van der Waals surface area contributed by atoms with Gasteiger partial charge in [0.25, 0.3) is 0 Å². The minimum absolute atomic E-state index is 0.0114. The Balaban J connectivity index is 2.08. The molecule has 0 aromatic heterocycles. The topological polar surface area (TPSA) is 87.7 Å². The average molecular weight is 278 g/mol. The van der Waals surface area contributed by atoms with Crippen LogP contribution < -0.4 is 10.6 Å². The second kappa shape index (κ2) is 5.50. The maximum absolute atomic E-state index is 12.0. The zero-order valence-electron chi connectivity index (χ0n) is 11.5. The summed E-state index contributed by atoms with van der Waals surface area (Å²) in [5, 5.41) is 14.5. The second-order valence-electron chi connectivity index (χ2n) is 5.09. The highest BCUT2D eigenvalue weighted by Crippen LogP contribution is 2.20. The van der Waals surface area contributed by atoms with Crippen molar-refractivity contribution < 1.29 is 19.4 Å². The molecule has 1 aliphatic heterocycles. The van der Waals surface area contributed by atoms with E-state index in [1.165, 1.54) is 0 Å². The van der Waals surface area contributed by atoms with Crippen molar-refractivity contribution in [2.24, 2.45) is 0 Å². The molecule has 0 spiro atoms. The van der Waals surface area contributed by atoms with Crippen molar-refractivity contribution in [1.29, 1.82) is 0 Å². The summed E-state index contributed by atoms with van der Waals surface area (Å²) in [7, 11) is 0. The second-order valence-corrected chi connectivity index (χ2v) is 5.09. The number of anilines is 1. The molecule has 1 aromatic rings. The summed E-state index contributed by atoms with van der Waals surface area (Å²) in [5.41, 5.74) is 1.27. The zero-order chi connectivity index (χ0) is 14.8. The van der Waals surface area contributed by atoms with Gasteiger partial charge in [-0.25, -0.2) is 9.59 Å². The largest absolute Gasteiger partial charge is 0.479 e. The van der Waals surface area contributed by atoms with Crippen LogP contribution >= 0.6 is 0 Å². The minimum Gasteiger partial charge on any atom is -0.479 e. The quantitative estimate of drug-likeness (QED) is 0.784. The SMILES string of the molecule is Cc1ccc(C)c(NC(=O)NC2(C(=O)O)CCOC2)c1. The maximum atomic E-state index is 12.0. The normalized spacial score (nSPS) is 21.5. The van der Waals surface area contributed by atoms with E-state index in [1.54, 1.807) is 0 Å². The monoisotopic (exact) mass is 278 g/mol. The molecule has 3 N–H and O–H groups in total. The van der Waals surface area contributed by atoms with Crippen molar-refractivity contribution in [3.63, 3.8) is 0 Å². The number of ether oxygens (including phenoxy) is 1. The number of nitrogens with one attached hydrogen (secondary N) is 2. The molecule has 1 atom stereocenters. The van der Waals surface area contributed by atoms with E-state index in [0.717, 1.165) is 11.1 Å². The number of hydrogen-bond donors (Lipinski definition) is 3. The highest BCUT2D eigenvalue weighted by atomic mass is 16.5. The molecule has 1 aliphatic rings. The van der Waals surface area contributed by atoms with E-state index in [2.05, 4.69) is 10.6 Å². The maximum Gasteiger partial charge on any atom is 0.332 e. The van der Waals surface area contributed by atoms with E-state index in [4.69, 9.17) is 4.74 Å². The van der Waals surface area contributed by atoms with E-state index in [9.17, 15) is 14.7 Å². The third-order valence-electron chi connectivity index (χ3n) is 3.43. The molecule has 20 heavy (non-hydrogen) atoms. The number of amides is 2. The summed E-state index contributed by atoms with van der Waals surface area (Å²) in [4.78, 5) is 23.3. The number of rotatable bonds is 3. The Kier molecular flexibility index (Phi) is 3.94. The van der Waals surface area contributed by atoms with E-state index in [1.807, 2.05) is 32.0 Å². The van der Waals surface area contributed by atoms with Crippen LogP contribution in [0.4, 0.5) is 10.5 Å². The van der Waals surface area contributed by atoms with Gasteiger partial charge in [-0.2, -0.15) is 0 Å². The van der Waals surface area contributed by atoms with Crippen LogP contribution in [0, 0.1) is 13.8 Å². The fraction of sp³-hybridized carbons (Fsp3) is 0.429. The first-order valence-electron chi connectivity index (χ1n) is 6.40. The number of carbonyl (C=O) groups excluding carboxylic acids is 1. The van der Waals surface area contributed by atoms with Crippen LogP contribution in [0.25, 0.3) is 0 Å². The third kappa shape index (κ3) is 2.91. The Hall–Kier alpha value is -2.08. The minimum atomic E-state index is -1.33. The Morgan fingerprint density at radius 1 is 1.35 bits per heavy atom. The highest BCUT2D eigenvalue weighted by molar-refractivity contribution is 5.94. The number of benzene rings is 1. The molecule has 1 saturated heterocycles. The summed E-state index contributed by atoms with van der Waals surface area (Å²) in [6, 6.07) is 5.15. The lowest BCUT2D eigenvalue weighted by Crippen LogP contribution is -2.56. The van der Waals surface area contributed by atoms with Gasteiger partial charge in [-0.1, -0.05) is 12.1 Å². The fourth-order valence-electron chi connectivity index (χ4n) is 2.13. The van der Waals surface area contributed by atoms with Crippen LogP contribution in [0.2, 0.25) is 0 Å². The van der Waals surface area contributed by atoms with Crippen LogP contribution in [0.3, 0.4) is 0 Å². The molecule has 0 saturated carbocycles. The van der Waals surface area contributed by atoms with Gasteiger partial charge in [0.2, 0.25) is 0 Å². The van der Waals surface area contributed by atoms with Crippen molar-refractivity contribution in [1.82, 2.24) is 5.32 Å². The Bertz CT molecular complexity index is 536. The Labute approximate surface area is 117 Å². The van der Waals surface area contributed by atoms with Crippen LogP contribution in [0.5, 0.6) is 0 Å². The lowest BCUT2D eigenvalue weighted by molar-refractivity contribution is -0.144. The number of urea groups is 1. The fourth-order valence-corrected chi connectivity index (χ4v) is 2.13. The van der Waals surface area contributed by atoms with Crippen LogP contribution in [-0.4, -0.2) is 35.9 Å². The van der Waals surface area contributed by atoms with E-state index < -0.39 is 17.5 Å². The lowest BCUT2D eigenvalue weighted by atomic mass is 9.99. The van der Waals surface area contributed by atoms with Crippen LogP contribution in [-0.2, 0) is 9.53 Å². The van der Waals surface area contributed by atoms with Crippen LogP contribution in [0.15, 0.2) is 18.2 Å². The van der Waals surface area contributed by atoms with Gasteiger partial charge in [0.1, 0.15) is 0 Å². The van der Waals surface area contributed by atoms with Crippen molar-refractivity contribution >= 4 is 17.7 Å². The van der Waals surface area contributed by atoms with Gasteiger partial charge in [0, 0.05) is 18.7 Å². The molecule has 1 heterocycles. The average Bonchev–Trinajstić information content (AvgIpc) is 2.83. The van der Waals surface area contributed by atoms with Crippen molar-refractivity contribution in [2.45, 2.75) is 25.8 Å². The molecule has 2 rings (SSSR count). The molecule has 108 valence electrons. The Morgan fingerprint density at radius 3 is 2.70 bits per heavy atom. The smallest absolute Gasteiger partial charge is 0.332 e. The molecule has 1 unspecified atom stereocenters. The van der Waals surface area contributed by atoms with Gasteiger partial charge in [-0.05, 0) is 31.0 Å². The number of carboxylic acid groups (broad SMARTS) is 1. The summed E-state index contributed by atoms with van der Waals surface area (Å²) < 4.78 is 5.09. The van der Waals surface area contributed by atoms with E-state index in [-0.39, 0.29) is 13.0 Å². The molecular formula is C14H18N2O4. The molecule has 2 amide bonds. The predicted molar refractivity (Wildman–Crippen MR) is 73.9 cm³/mol. The summed E-state index contributed by atoms with van der Waals surface area (Å²) in [6.45, 7) is 4.12. The molecule has 0 radical (unpaired) electrons. The van der Waals surface area contributed by atoms with E-state index in [0.29, 0.717) is 12.3 Å². The predicted octanol–water partition coefficient (Wildman–Crippen LogP) is 1.67. The first kappa shape index (κ1) is 14.3. The van der Waals surface area contributed by atoms with Gasteiger partial charge in [-0.3, -0.25) is 0 Å². The number of carboxylic acids is 1. The van der Waals surface area contributed by atoms with Gasteiger partial charge in [0.05, 0.1) is 6.61 Å². The first-order chi connectivity index (χ1) is 9.43. The number of hydrogen-bond acceptors (Lipinski definition) is 3. The molecule has 1 aromatic carbocycles. The van der Waals surface area contributed by atoms with Crippen molar-refractivity contribution in [2.75, 3.05) is 18.5 Å². The highest BCUT2D eigenvalue weighted by Gasteiger charge is 2.44. The standard InChI is InChI=1S/C14H18N2O4/c1-9-3-4-10(2)11(7-9)15-13(19)16-14(12(17)18)5-6-20-8-14/h3-4,7H,5-6,8H2,1-2H3,(H,17,18)(H2,15,16,19). The van der Waals surface area contributed by atoms with Crippen LogP contribution in [0.1, 0.15) is 17.5 Å². The molecule has 6 nitrogen and oxygen atoms in total. The zero-order valence-corrected chi connectivity index (χ0v) is 11.5. The third-order valence-corrected chi connectivity index (χ3v) is 3.43. The van der Waals surface area contributed by atoms with Gasteiger partial charge in [0.15, 0.2) is 5.54 Å². The van der Waals surface area contributed by atoms with E-state index >= 15 is 0 Å². The summed E-state index contributed by atoms with van der Waals surface area (Å²) in [5.74, 6) is -1.08. The van der Waals surface area contributed by atoms with Gasteiger partial charge < -0.3 is 20.5 Å². The van der Waals surface area contributed by atoms with Gasteiger partial charge in [-0.15, -0.1) is 0 Å². The van der Waals surface area contributed by atoms with Crippen molar-refractivity contribution in [3.8, 4) is 0 Å².